The second-order valence-corrected chi connectivity index (χ2v) is 2.06. The molecule has 0 fully saturated rings. The van der Waals surface area contributed by atoms with Crippen molar-refractivity contribution in [1.29, 1.82) is 0 Å². The van der Waals surface area contributed by atoms with E-state index in [0.29, 0.717) is 17.8 Å². The molecule has 60 valence electrons. The number of anilines is 1. The van der Waals surface area contributed by atoms with Gasteiger partial charge in [0.2, 0.25) is 0 Å². The first-order valence-corrected chi connectivity index (χ1v) is 3.32. The van der Waals surface area contributed by atoms with Crippen molar-refractivity contribution in [2.75, 3.05) is 5.43 Å². The largest absolute Gasteiger partial charge is 0.313 e. The quantitative estimate of drug-likeness (QED) is 0.400. The van der Waals surface area contributed by atoms with Crippen molar-refractivity contribution >= 4 is 5.82 Å². The number of nitrogen functional groups attached to an aromatic ring is 1. The van der Waals surface area contributed by atoms with Crippen LogP contribution in [0.1, 0.15) is 12.5 Å². The molecule has 0 spiro atoms. The van der Waals surface area contributed by atoms with Gasteiger partial charge in [0.25, 0.3) is 5.56 Å². The highest BCUT2D eigenvalue weighted by Crippen LogP contribution is 2.02. The van der Waals surface area contributed by atoms with Crippen molar-refractivity contribution in [3.63, 3.8) is 0 Å². The topological polar surface area (TPSA) is 83.8 Å². The van der Waals surface area contributed by atoms with Crippen LogP contribution < -0.4 is 16.8 Å². The molecule has 0 aromatic carbocycles. The Morgan fingerprint density at radius 1 is 1.82 bits per heavy atom. The van der Waals surface area contributed by atoms with Crippen LogP contribution in [0.15, 0.2) is 11.1 Å². The molecule has 1 heterocycles. The van der Waals surface area contributed by atoms with Gasteiger partial charge in [0.15, 0.2) is 0 Å². The van der Waals surface area contributed by atoms with Crippen molar-refractivity contribution in [2.24, 2.45) is 5.84 Å². The van der Waals surface area contributed by atoms with E-state index < -0.39 is 0 Å². The van der Waals surface area contributed by atoms with Crippen molar-refractivity contribution in [3.8, 4) is 0 Å². The smallest absolute Gasteiger partial charge is 0.256 e. The number of nitrogens with zero attached hydrogens (tertiary/aromatic N) is 1. The zero-order valence-electron chi connectivity index (χ0n) is 6.22. The Morgan fingerprint density at radius 2 is 2.55 bits per heavy atom. The van der Waals surface area contributed by atoms with E-state index in [1.165, 1.54) is 6.33 Å². The number of nitrogens with one attached hydrogen (secondary N) is 2. The highest BCUT2D eigenvalue weighted by atomic mass is 16.1. The van der Waals surface area contributed by atoms with E-state index in [0.717, 1.165) is 0 Å². The summed E-state index contributed by atoms with van der Waals surface area (Å²) in [7, 11) is 0. The van der Waals surface area contributed by atoms with Crippen LogP contribution in [0.4, 0.5) is 5.82 Å². The minimum atomic E-state index is -0.143. The van der Waals surface area contributed by atoms with E-state index in [9.17, 15) is 4.79 Å². The number of nitrogens with two attached hydrogens (primary N) is 1. The second kappa shape index (κ2) is 3.16. The Labute approximate surface area is 63.6 Å². The molecule has 1 rings (SSSR count). The van der Waals surface area contributed by atoms with Gasteiger partial charge in [-0.25, -0.2) is 10.8 Å². The molecule has 0 saturated heterocycles. The van der Waals surface area contributed by atoms with Crippen molar-refractivity contribution in [1.82, 2.24) is 9.97 Å². The molecule has 5 nitrogen and oxygen atoms in total. The molecule has 0 radical (unpaired) electrons. The van der Waals surface area contributed by atoms with E-state index in [1.54, 1.807) is 0 Å². The van der Waals surface area contributed by atoms with E-state index in [-0.39, 0.29) is 5.56 Å². The van der Waals surface area contributed by atoms with Crippen LogP contribution in [0, 0.1) is 0 Å². The maximum Gasteiger partial charge on any atom is 0.256 e. The van der Waals surface area contributed by atoms with E-state index in [4.69, 9.17) is 5.84 Å². The minimum Gasteiger partial charge on any atom is -0.313 e. The number of hydrogen-bond acceptors (Lipinski definition) is 4. The SMILES string of the molecule is CCc1c(NN)nc[nH]c1=O. The van der Waals surface area contributed by atoms with E-state index in [1.807, 2.05) is 6.92 Å². The number of rotatable bonds is 2. The molecule has 0 saturated carbocycles. The van der Waals surface area contributed by atoms with Crippen LogP contribution in [-0.2, 0) is 6.42 Å². The summed E-state index contributed by atoms with van der Waals surface area (Å²) >= 11 is 0. The molecular formula is C6H10N4O. The average Bonchev–Trinajstić information content (AvgIpc) is 2.04. The molecule has 4 N–H and O–H groups in total. The van der Waals surface area contributed by atoms with Gasteiger partial charge < -0.3 is 10.4 Å². The number of hydrazine groups is 1. The van der Waals surface area contributed by atoms with Gasteiger partial charge in [-0.1, -0.05) is 6.92 Å². The molecule has 0 unspecified atom stereocenters. The standard InChI is InChI=1S/C6H10N4O/c1-2-4-5(10-7)8-3-9-6(4)11/h3H,2,7H2,1H3,(H2,8,9,10,11). The minimum absolute atomic E-state index is 0.143. The summed E-state index contributed by atoms with van der Waals surface area (Å²) in [5.41, 5.74) is 2.79. The van der Waals surface area contributed by atoms with Crippen molar-refractivity contribution in [2.45, 2.75) is 13.3 Å². The predicted octanol–water partition coefficient (Wildman–Crippen LogP) is -0.382. The third-order valence-corrected chi connectivity index (χ3v) is 1.44. The van der Waals surface area contributed by atoms with Crippen LogP contribution in [0.5, 0.6) is 0 Å². The lowest BCUT2D eigenvalue weighted by molar-refractivity contribution is 0.996. The lowest BCUT2D eigenvalue weighted by atomic mass is 10.2. The van der Waals surface area contributed by atoms with Gasteiger partial charge in [0.1, 0.15) is 5.82 Å². The maximum absolute atomic E-state index is 11.0. The van der Waals surface area contributed by atoms with E-state index in [2.05, 4.69) is 15.4 Å². The molecule has 0 atom stereocenters. The van der Waals surface area contributed by atoms with Gasteiger partial charge in [-0.3, -0.25) is 4.79 Å². The summed E-state index contributed by atoms with van der Waals surface area (Å²) in [6.07, 6.45) is 1.93. The molecule has 0 bridgehead atoms. The first-order valence-electron chi connectivity index (χ1n) is 3.32. The van der Waals surface area contributed by atoms with Gasteiger partial charge >= 0.3 is 0 Å². The van der Waals surface area contributed by atoms with Gasteiger partial charge in [0, 0.05) is 0 Å². The van der Waals surface area contributed by atoms with Crippen LogP contribution in [-0.4, -0.2) is 9.97 Å². The lowest BCUT2D eigenvalue weighted by Crippen LogP contribution is -2.19. The Morgan fingerprint density at radius 3 is 3.00 bits per heavy atom. The molecule has 0 aliphatic carbocycles. The van der Waals surface area contributed by atoms with E-state index >= 15 is 0 Å². The van der Waals surface area contributed by atoms with Crippen LogP contribution in [0.2, 0.25) is 0 Å². The molecule has 5 heteroatoms. The Hall–Kier alpha value is -1.36. The van der Waals surface area contributed by atoms with Crippen LogP contribution >= 0.6 is 0 Å². The summed E-state index contributed by atoms with van der Waals surface area (Å²) in [5.74, 6) is 5.57. The molecule has 0 aliphatic rings. The fourth-order valence-electron chi connectivity index (χ4n) is 0.880. The van der Waals surface area contributed by atoms with Crippen molar-refractivity contribution in [3.05, 3.63) is 22.2 Å². The molecule has 0 amide bonds. The first-order chi connectivity index (χ1) is 5.29. The fraction of sp³-hybridized carbons (Fsp3) is 0.333. The normalized spacial score (nSPS) is 9.64. The predicted molar refractivity (Wildman–Crippen MR) is 42.0 cm³/mol. The second-order valence-electron chi connectivity index (χ2n) is 2.06. The molecule has 1 aromatic heterocycles. The average molecular weight is 154 g/mol. The highest BCUT2D eigenvalue weighted by Gasteiger charge is 2.02. The zero-order valence-corrected chi connectivity index (χ0v) is 6.22. The molecular weight excluding hydrogens is 144 g/mol. The Balaban J connectivity index is 3.24. The summed E-state index contributed by atoms with van der Waals surface area (Å²) in [6, 6.07) is 0. The fourth-order valence-corrected chi connectivity index (χ4v) is 0.880. The highest BCUT2D eigenvalue weighted by molar-refractivity contribution is 5.40. The van der Waals surface area contributed by atoms with Crippen LogP contribution in [0.25, 0.3) is 0 Å². The summed E-state index contributed by atoms with van der Waals surface area (Å²) in [4.78, 5) is 17.3. The maximum atomic E-state index is 11.0. The third kappa shape index (κ3) is 1.38. The number of hydrogen-bond donors (Lipinski definition) is 3. The zero-order chi connectivity index (χ0) is 8.27. The molecule has 1 aromatic rings. The Bertz CT molecular complexity index is 293. The first kappa shape index (κ1) is 7.74. The molecule has 11 heavy (non-hydrogen) atoms. The van der Waals surface area contributed by atoms with Gasteiger partial charge in [-0.2, -0.15) is 0 Å². The summed E-state index contributed by atoms with van der Waals surface area (Å²) in [6.45, 7) is 1.87. The number of H-pyrrole nitrogens is 1. The Kier molecular flexibility index (Phi) is 2.22. The summed E-state index contributed by atoms with van der Waals surface area (Å²) < 4.78 is 0. The molecule has 0 aliphatic heterocycles. The van der Waals surface area contributed by atoms with Crippen LogP contribution in [0.3, 0.4) is 0 Å². The monoisotopic (exact) mass is 154 g/mol. The van der Waals surface area contributed by atoms with Gasteiger partial charge in [0.05, 0.1) is 11.9 Å². The third-order valence-electron chi connectivity index (χ3n) is 1.44. The van der Waals surface area contributed by atoms with Gasteiger partial charge in [-0.15, -0.1) is 0 Å². The lowest BCUT2D eigenvalue weighted by Gasteiger charge is -2.01. The number of aromatic nitrogens is 2. The van der Waals surface area contributed by atoms with Crippen molar-refractivity contribution < 1.29 is 0 Å². The number of aromatic amines is 1. The summed E-state index contributed by atoms with van der Waals surface area (Å²) in [5, 5.41) is 0. The van der Waals surface area contributed by atoms with Gasteiger partial charge in [-0.05, 0) is 6.42 Å².